The van der Waals surface area contributed by atoms with Crippen molar-refractivity contribution in [2.45, 2.75) is 26.0 Å². The molecule has 1 aliphatic rings. The molecule has 1 aliphatic heterocycles. The zero-order chi connectivity index (χ0) is 17.8. The van der Waals surface area contributed by atoms with Gasteiger partial charge in [0.25, 0.3) is 0 Å². The maximum Gasteiger partial charge on any atom is 0.333 e. The van der Waals surface area contributed by atoms with Gasteiger partial charge in [-0.2, -0.15) is 0 Å². The van der Waals surface area contributed by atoms with Crippen LogP contribution in [0.5, 0.6) is 5.75 Å². The normalized spacial score (nSPS) is 16.1. The topological polar surface area (TPSA) is 55.8 Å². The van der Waals surface area contributed by atoms with Crippen molar-refractivity contribution in [1.29, 1.82) is 0 Å². The summed E-state index contributed by atoms with van der Waals surface area (Å²) in [5.74, 6) is 0.196. The first-order chi connectivity index (χ1) is 12.1. The van der Waals surface area contributed by atoms with Gasteiger partial charge in [-0.25, -0.2) is 4.79 Å². The number of amides is 1. The van der Waals surface area contributed by atoms with Gasteiger partial charge in [0.15, 0.2) is 6.04 Å². The van der Waals surface area contributed by atoms with E-state index in [1.165, 1.54) is 14.0 Å². The number of methoxy groups -OCH3 is 1. The van der Waals surface area contributed by atoms with Gasteiger partial charge in [-0.3, -0.25) is 4.79 Å². The molecular weight excluding hydrogens is 318 g/mol. The van der Waals surface area contributed by atoms with E-state index in [0.29, 0.717) is 19.6 Å². The van der Waals surface area contributed by atoms with Crippen LogP contribution >= 0.6 is 0 Å². The van der Waals surface area contributed by atoms with E-state index < -0.39 is 12.0 Å². The Morgan fingerprint density at radius 2 is 1.92 bits per heavy atom. The molecule has 0 saturated heterocycles. The van der Waals surface area contributed by atoms with E-state index in [0.717, 1.165) is 22.4 Å². The fourth-order valence-electron chi connectivity index (χ4n) is 3.14. The molecule has 0 N–H and O–H groups in total. The highest BCUT2D eigenvalue weighted by Crippen LogP contribution is 2.33. The Kier molecular flexibility index (Phi) is 5.03. The number of carbonyl (C=O) groups excluding carboxylic acids is 2. The van der Waals surface area contributed by atoms with Crippen molar-refractivity contribution in [3.8, 4) is 5.75 Å². The molecule has 1 unspecified atom stereocenters. The number of carbonyl (C=O) groups is 2. The quantitative estimate of drug-likeness (QED) is 0.804. The fourth-order valence-corrected chi connectivity index (χ4v) is 3.14. The molecule has 2 aromatic carbocycles. The fraction of sp³-hybridized carbons (Fsp3) is 0.300. The van der Waals surface area contributed by atoms with Gasteiger partial charge in [-0.15, -0.1) is 0 Å². The summed E-state index contributed by atoms with van der Waals surface area (Å²) in [6.45, 7) is 2.45. The lowest BCUT2D eigenvalue weighted by molar-refractivity contribution is -0.153. The van der Waals surface area contributed by atoms with E-state index >= 15 is 0 Å². The van der Waals surface area contributed by atoms with E-state index in [4.69, 9.17) is 9.47 Å². The average Bonchev–Trinajstić information content (AvgIpc) is 2.65. The molecule has 1 atom stereocenters. The van der Waals surface area contributed by atoms with Crippen molar-refractivity contribution < 1.29 is 19.1 Å². The van der Waals surface area contributed by atoms with Crippen molar-refractivity contribution in [2.75, 3.05) is 13.7 Å². The van der Waals surface area contributed by atoms with Crippen molar-refractivity contribution in [1.82, 2.24) is 4.90 Å². The zero-order valence-corrected chi connectivity index (χ0v) is 14.4. The molecule has 1 heterocycles. The number of ether oxygens (including phenoxy) is 2. The summed E-state index contributed by atoms with van der Waals surface area (Å²) in [7, 11) is 1.34. The van der Waals surface area contributed by atoms with E-state index in [-0.39, 0.29) is 5.91 Å². The lowest BCUT2D eigenvalue weighted by Gasteiger charge is -2.35. The molecule has 0 radical (unpaired) electrons. The van der Waals surface area contributed by atoms with E-state index in [1.807, 2.05) is 48.5 Å². The molecule has 1 amide bonds. The molecule has 2 aromatic rings. The highest BCUT2D eigenvalue weighted by Gasteiger charge is 2.35. The minimum absolute atomic E-state index is 0.134. The molecule has 5 heteroatoms. The van der Waals surface area contributed by atoms with Crippen LogP contribution in [-0.4, -0.2) is 30.4 Å². The Labute approximate surface area is 147 Å². The monoisotopic (exact) mass is 339 g/mol. The number of nitrogens with zero attached hydrogens (tertiary/aromatic N) is 1. The predicted octanol–water partition coefficient (Wildman–Crippen LogP) is 2.88. The van der Waals surface area contributed by atoms with Crippen LogP contribution in [0.25, 0.3) is 0 Å². The molecule has 0 bridgehead atoms. The van der Waals surface area contributed by atoms with Gasteiger partial charge >= 0.3 is 5.97 Å². The summed E-state index contributed by atoms with van der Waals surface area (Å²) < 4.78 is 10.8. The second-order valence-electron chi connectivity index (χ2n) is 6.02. The maximum absolute atomic E-state index is 12.2. The third kappa shape index (κ3) is 3.65. The first-order valence-corrected chi connectivity index (χ1v) is 8.24. The van der Waals surface area contributed by atoms with E-state index in [2.05, 4.69) is 0 Å². The number of fused-ring (bicyclic) bond motifs is 1. The first kappa shape index (κ1) is 17.0. The average molecular weight is 339 g/mol. The Morgan fingerprint density at radius 3 is 2.60 bits per heavy atom. The summed E-state index contributed by atoms with van der Waals surface area (Å²) >= 11 is 0. The number of esters is 1. The summed E-state index contributed by atoms with van der Waals surface area (Å²) in [5.41, 5.74) is 2.91. The van der Waals surface area contributed by atoms with Gasteiger partial charge in [0.1, 0.15) is 12.4 Å². The highest BCUT2D eigenvalue weighted by molar-refractivity contribution is 5.85. The van der Waals surface area contributed by atoms with Crippen molar-refractivity contribution in [2.24, 2.45) is 0 Å². The third-order valence-electron chi connectivity index (χ3n) is 4.42. The smallest absolute Gasteiger partial charge is 0.333 e. The second kappa shape index (κ2) is 7.38. The number of hydrogen-bond donors (Lipinski definition) is 0. The van der Waals surface area contributed by atoms with Gasteiger partial charge in [-0.05, 0) is 35.2 Å². The minimum atomic E-state index is -0.686. The van der Waals surface area contributed by atoms with Crippen molar-refractivity contribution in [3.05, 3.63) is 65.2 Å². The van der Waals surface area contributed by atoms with Gasteiger partial charge in [-0.1, -0.05) is 36.4 Å². The van der Waals surface area contributed by atoms with Gasteiger partial charge in [0.2, 0.25) is 5.91 Å². The standard InChI is InChI=1S/C20H21NO4/c1-14(22)21-11-10-16-12-17(25-13-15-6-4-3-5-7-15)8-9-18(16)19(21)20(23)24-2/h3-9,12,19H,10-11,13H2,1-2H3. The van der Waals surface area contributed by atoms with Gasteiger partial charge in [0.05, 0.1) is 7.11 Å². The highest BCUT2D eigenvalue weighted by atomic mass is 16.5. The van der Waals surface area contributed by atoms with Crippen LogP contribution in [0.15, 0.2) is 48.5 Å². The van der Waals surface area contributed by atoms with Gasteiger partial charge < -0.3 is 14.4 Å². The number of rotatable bonds is 4. The van der Waals surface area contributed by atoms with E-state index in [1.54, 1.807) is 4.90 Å². The third-order valence-corrected chi connectivity index (χ3v) is 4.42. The molecule has 0 spiro atoms. The van der Waals surface area contributed by atoms with Crippen molar-refractivity contribution >= 4 is 11.9 Å². The Bertz CT molecular complexity index is 773. The Balaban J connectivity index is 1.82. The van der Waals surface area contributed by atoms with Crippen LogP contribution < -0.4 is 4.74 Å². The van der Waals surface area contributed by atoms with Crippen LogP contribution in [0.3, 0.4) is 0 Å². The van der Waals surface area contributed by atoms with Crippen LogP contribution in [0.4, 0.5) is 0 Å². The van der Waals surface area contributed by atoms with Crippen LogP contribution in [0, 0.1) is 0 Å². The van der Waals surface area contributed by atoms with Crippen molar-refractivity contribution in [3.63, 3.8) is 0 Å². The maximum atomic E-state index is 12.2. The first-order valence-electron chi connectivity index (χ1n) is 8.24. The molecule has 0 aliphatic carbocycles. The molecule has 0 aromatic heterocycles. The Morgan fingerprint density at radius 1 is 1.16 bits per heavy atom. The van der Waals surface area contributed by atoms with Gasteiger partial charge in [0, 0.05) is 13.5 Å². The van der Waals surface area contributed by atoms with Crippen LogP contribution in [0.2, 0.25) is 0 Å². The number of benzene rings is 2. The largest absolute Gasteiger partial charge is 0.489 e. The second-order valence-corrected chi connectivity index (χ2v) is 6.02. The van der Waals surface area contributed by atoms with E-state index in [9.17, 15) is 9.59 Å². The molecule has 25 heavy (non-hydrogen) atoms. The lowest BCUT2D eigenvalue weighted by atomic mass is 9.92. The molecule has 0 saturated carbocycles. The minimum Gasteiger partial charge on any atom is -0.489 e. The predicted molar refractivity (Wildman–Crippen MR) is 93.1 cm³/mol. The summed E-state index contributed by atoms with van der Waals surface area (Å²) in [4.78, 5) is 25.6. The Hall–Kier alpha value is -2.82. The molecule has 0 fully saturated rings. The zero-order valence-electron chi connectivity index (χ0n) is 14.4. The lowest BCUT2D eigenvalue weighted by Crippen LogP contribution is -2.42. The summed E-state index contributed by atoms with van der Waals surface area (Å²) in [6, 6.07) is 14.9. The van der Waals surface area contributed by atoms with Crippen LogP contribution in [0.1, 0.15) is 29.7 Å². The molecule has 3 rings (SSSR count). The molecule has 5 nitrogen and oxygen atoms in total. The van der Waals surface area contributed by atoms with Crippen LogP contribution in [-0.2, 0) is 27.4 Å². The summed E-state index contributed by atoms with van der Waals surface area (Å²) in [6.07, 6.45) is 0.685. The summed E-state index contributed by atoms with van der Waals surface area (Å²) in [5, 5.41) is 0. The SMILES string of the molecule is COC(=O)C1c2ccc(OCc3ccccc3)cc2CCN1C(C)=O. The molecule has 130 valence electrons. The molecular formula is C20H21NO4. The number of hydrogen-bond acceptors (Lipinski definition) is 4.